The molecule has 0 spiro atoms. The van der Waals surface area contributed by atoms with Crippen LogP contribution in [0, 0.1) is 0 Å². The van der Waals surface area contributed by atoms with Crippen molar-refractivity contribution < 1.29 is 9.47 Å². The van der Waals surface area contributed by atoms with Gasteiger partial charge in [0, 0.05) is 61.5 Å². The second-order valence-electron chi connectivity index (χ2n) is 9.49. The van der Waals surface area contributed by atoms with Gasteiger partial charge in [0.1, 0.15) is 0 Å². The number of nitrogens with one attached hydrogen (secondary N) is 1. The van der Waals surface area contributed by atoms with E-state index in [1.165, 1.54) is 10.8 Å². The number of hydrogen-bond donors (Lipinski definition) is 1. The van der Waals surface area contributed by atoms with Gasteiger partial charge >= 0.3 is 0 Å². The zero-order chi connectivity index (χ0) is 26.1. The fourth-order valence-electron chi connectivity index (χ4n) is 5.05. The Morgan fingerprint density at radius 1 is 0.842 bits per heavy atom. The number of nitrogens with zero attached hydrogens (tertiary/aromatic N) is 4. The summed E-state index contributed by atoms with van der Waals surface area (Å²) >= 11 is 0. The smallest absolute Gasteiger partial charge is 0.252 e. The molecule has 0 saturated carbocycles. The third-order valence-corrected chi connectivity index (χ3v) is 7.16. The maximum atomic E-state index is 12.8. The Labute approximate surface area is 220 Å². The lowest BCUT2D eigenvalue weighted by Gasteiger charge is -2.34. The Kier molecular flexibility index (Phi) is 6.39. The van der Waals surface area contributed by atoms with Crippen LogP contribution in [0.5, 0.6) is 11.5 Å². The average Bonchev–Trinajstić information content (AvgIpc) is 2.97. The van der Waals surface area contributed by atoms with E-state index in [0.717, 1.165) is 59.9 Å². The van der Waals surface area contributed by atoms with Crippen molar-refractivity contribution in [1.29, 1.82) is 0 Å². The maximum Gasteiger partial charge on any atom is 0.252 e. The third-order valence-electron chi connectivity index (χ3n) is 7.16. The molecule has 6 rings (SSSR count). The Hall–Kier alpha value is -4.43. The second kappa shape index (κ2) is 10.1. The van der Waals surface area contributed by atoms with Gasteiger partial charge in [0.2, 0.25) is 5.95 Å². The van der Waals surface area contributed by atoms with Crippen molar-refractivity contribution in [3.8, 4) is 22.8 Å². The Balaban J connectivity index is 1.16. The number of piperazine rings is 1. The summed E-state index contributed by atoms with van der Waals surface area (Å²) in [5.74, 6) is 1.96. The summed E-state index contributed by atoms with van der Waals surface area (Å²) < 4.78 is 10.8. The SMILES string of the molecule is COc1cc2cc(CN3CCN(c4nccc(-c5ccc6ccccc6c5)n4)CC3)c(=O)[nH]c2cc1OC. The highest BCUT2D eigenvalue weighted by atomic mass is 16.5. The molecule has 5 aromatic rings. The molecule has 0 bridgehead atoms. The van der Waals surface area contributed by atoms with Crippen LogP contribution in [-0.2, 0) is 6.54 Å². The Morgan fingerprint density at radius 2 is 1.61 bits per heavy atom. The number of aromatic amines is 1. The van der Waals surface area contributed by atoms with Gasteiger partial charge in [-0.3, -0.25) is 9.69 Å². The summed E-state index contributed by atoms with van der Waals surface area (Å²) in [6.07, 6.45) is 1.83. The predicted octanol–water partition coefficient (Wildman–Crippen LogP) is 4.48. The van der Waals surface area contributed by atoms with E-state index in [9.17, 15) is 4.79 Å². The van der Waals surface area contributed by atoms with Crippen molar-refractivity contribution in [2.75, 3.05) is 45.3 Å². The van der Waals surface area contributed by atoms with Gasteiger partial charge in [-0.05, 0) is 35.0 Å². The van der Waals surface area contributed by atoms with Crippen LogP contribution < -0.4 is 19.9 Å². The van der Waals surface area contributed by atoms with E-state index >= 15 is 0 Å². The number of ether oxygens (including phenoxy) is 2. The summed E-state index contributed by atoms with van der Waals surface area (Å²) in [5, 5.41) is 3.32. The van der Waals surface area contributed by atoms with Crippen LogP contribution in [0.25, 0.3) is 32.9 Å². The van der Waals surface area contributed by atoms with Crippen LogP contribution in [0.3, 0.4) is 0 Å². The molecule has 1 aliphatic heterocycles. The number of hydrogen-bond acceptors (Lipinski definition) is 7. The third kappa shape index (κ3) is 4.66. The average molecular weight is 508 g/mol. The van der Waals surface area contributed by atoms with Crippen molar-refractivity contribution >= 4 is 27.6 Å². The number of fused-ring (bicyclic) bond motifs is 2. The van der Waals surface area contributed by atoms with Gasteiger partial charge in [0.25, 0.3) is 5.56 Å². The summed E-state index contributed by atoms with van der Waals surface area (Å²) in [6.45, 7) is 3.78. The summed E-state index contributed by atoms with van der Waals surface area (Å²) in [7, 11) is 3.19. The van der Waals surface area contributed by atoms with E-state index < -0.39 is 0 Å². The minimum absolute atomic E-state index is 0.0847. The first-order chi connectivity index (χ1) is 18.6. The van der Waals surface area contributed by atoms with Gasteiger partial charge in [-0.1, -0.05) is 36.4 Å². The van der Waals surface area contributed by atoms with E-state index in [-0.39, 0.29) is 5.56 Å². The van der Waals surface area contributed by atoms with E-state index in [0.29, 0.717) is 18.0 Å². The molecule has 8 heteroatoms. The van der Waals surface area contributed by atoms with Crippen molar-refractivity contribution in [2.24, 2.45) is 0 Å². The van der Waals surface area contributed by atoms with Gasteiger partial charge in [0.05, 0.1) is 25.4 Å². The number of aromatic nitrogens is 3. The van der Waals surface area contributed by atoms with E-state index in [1.807, 2.05) is 24.4 Å². The van der Waals surface area contributed by atoms with Gasteiger partial charge in [0.15, 0.2) is 11.5 Å². The number of pyridine rings is 1. The fourth-order valence-corrected chi connectivity index (χ4v) is 5.05. The first-order valence-electron chi connectivity index (χ1n) is 12.7. The molecular weight excluding hydrogens is 478 g/mol. The van der Waals surface area contributed by atoms with Crippen molar-refractivity contribution in [1.82, 2.24) is 19.9 Å². The van der Waals surface area contributed by atoms with E-state index in [4.69, 9.17) is 14.5 Å². The normalized spacial score (nSPS) is 14.2. The molecule has 0 aliphatic carbocycles. The lowest BCUT2D eigenvalue weighted by atomic mass is 10.1. The van der Waals surface area contributed by atoms with Gasteiger partial charge in [-0.15, -0.1) is 0 Å². The topological polar surface area (TPSA) is 83.6 Å². The number of benzene rings is 3. The molecular formula is C30H29N5O3. The first-order valence-corrected chi connectivity index (χ1v) is 12.7. The number of anilines is 1. The minimum atomic E-state index is -0.0847. The highest BCUT2D eigenvalue weighted by Gasteiger charge is 2.21. The van der Waals surface area contributed by atoms with Gasteiger partial charge < -0.3 is 19.4 Å². The van der Waals surface area contributed by atoms with Crippen LogP contribution in [0.4, 0.5) is 5.95 Å². The molecule has 0 unspecified atom stereocenters. The summed E-state index contributed by atoms with van der Waals surface area (Å²) in [4.78, 5) is 29.8. The molecule has 0 amide bonds. The molecule has 3 aromatic carbocycles. The van der Waals surface area contributed by atoms with Gasteiger partial charge in [-0.25, -0.2) is 9.97 Å². The number of rotatable bonds is 6. The lowest BCUT2D eigenvalue weighted by molar-refractivity contribution is 0.248. The van der Waals surface area contributed by atoms with Crippen LogP contribution in [0.1, 0.15) is 5.56 Å². The molecule has 8 nitrogen and oxygen atoms in total. The largest absolute Gasteiger partial charge is 0.493 e. The maximum absolute atomic E-state index is 12.8. The molecule has 1 saturated heterocycles. The van der Waals surface area contributed by atoms with Crippen LogP contribution >= 0.6 is 0 Å². The van der Waals surface area contributed by atoms with Crippen molar-refractivity contribution in [2.45, 2.75) is 6.54 Å². The molecule has 192 valence electrons. The molecule has 1 N–H and O–H groups in total. The monoisotopic (exact) mass is 507 g/mol. The van der Waals surface area contributed by atoms with Crippen molar-refractivity contribution in [3.05, 3.63) is 88.8 Å². The van der Waals surface area contributed by atoms with Crippen LogP contribution in [0.15, 0.2) is 77.7 Å². The van der Waals surface area contributed by atoms with Gasteiger partial charge in [-0.2, -0.15) is 0 Å². The quantitative estimate of drug-likeness (QED) is 0.363. The van der Waals surface area contributed by atoms with Crippen LogP contribution in [-0.4, -0.2) is 60.3 Å². The Morgan fingerprint density at radius 3 is 2.39 bits per heavy atom. The Bertz CT molecular complexity index is 1670. The lowest BCUT2D eigenvalue weighted by Crippen LogP contribution is -2.47. The highest BCUT2D eigenvalue weighted by molar-refractivity contribution is 5.87. The zero-order valence-corrected chi connectivity index (χ0v) is 21.5. The number of H-pyrrole nitrogens is 1. The number of methoxy groups -OCH3 is 2. The predicted molar refractivity (Wildman–Crippen MR) is 150 cm³/mol. The van der Waals surface area contributed by atoms with E-state index in [2.05, 4.69) is 62.2 Å². The molecule has 0 radical (unpaired) electrons. The molecule has 2 aromatic heterocycles. The van der Waals surface area contributed by atoms with E-state index in [1.54, 1.807) is 20.3 Å². The molecule has 1 fully saturated rings. The standard InChI is InChI=1S/C30H29N5O3/c1-37-27-17-23-16-24(29(36)32-26(23)18-28(27)38-2)19-34-11-13-35(14-12-34)30-31-10-9-25(33-30)22-8-7-20-5-3-4-6-21(20)15-22/h3-10,15-18H,11-14,19H2,1-2H3,(H,32,36). The minimum Gasteiger partial charge on any atom is -0.493 e. The highest BCUT2D eigenvalue weighted by Crippen LogP contribution is 2.31. The van der Waals surface area contributed by atoms with Crippen molar-refractivity contribution in [3.63, 3.8) is 0 Å². The molecule has 0 atom stereocenters. The summed E-state index contributed by atoms with van der Waals surface area (Å²) in [6, 6.07) is 22.3. The first kappa shape index (κ1) is 23.9. The molecule has 38 heavy (non-hydrogen) atoms. The zero-order valence-electron chi connectivity index (χ0n) is 21.5. The van der Waals surface area contributed by atoms with Crippen LogP contribution in [0.2, 0.25) is 0 Å². The fraction of sp³-hybridized carbons (Fsp3) is 0.233. The molecule has 3 heterocycles. The summed E-state index contributed by atoms with van der Waals surface area (Å²) in [5.41, 5.74) is 3.37. The second-order valence-corrected chi connectivity index (χ2v) is 9.49. The molecule has 1 aliphatic rings.